The first-order chi connectivity index (χ1) is 6.11. The molecule has 68 valence electrons. The first-order valence-corrected chi connectivity index (χ1v) is 4.38. The van der Waals surface area contributed by atoms with Gasteiger partial charge in [0.15, 0.2) is 0 Å². The molecular formula is C11H14N2. The van der Waals surface area contributed by atoms with E-state index < -0.39 is 0 Å². The van der Waals surface area contributed by atoms with E-state index in [1.54, 1.807) is 0 Å². The van der Waals surface area contributed by atoms with Gasteiger partial charge in [-0.1, -0.05) is 6.07 Å². The molecular weight excluding hydrogens is 160 g/mol. The Bertz CT molecular complexity index is 334. The minimum Gasteiger partial charge on any atom is -0.328 e. The summed E-state index contributed by atoms with van der Waals surface area (Å²) < 4.78 is 0. The van der Waals surface area contributed by atoms with Gasteiger partial charge in [-0.3, -0.25) is 0 Å². The van der Waals surface area contributed by atoms with Gasteiger partial charge in [-0.2, -0.15) is 5.26 Å². The van der Waals surface area contributed by atoms with Crippen LogP contribution in [0.3, 0.4) is 0 Å². The lowest BCUT2D eigenvalue weighted by atomic mass is 10.0. The Kier molecular flexibility index (Phi) is 3.05. The normalized spacial score (nSPS) is 12.2. The van der Waals surface area contributed by atoms with Crippen molar-refractivity contribution < 1.29 is 0 Å². The summed E-state index contributed by atoms with van der Waals surface area (Å²) in [6.45, 7) is 3.96. The minimum absolute atomic E-state index is 0.147. The van der Waals surface area contributed by atoms with Crippen molar-refractivity contribution in [2.45, 2.75) is 26.3 Å². The first-order valence-electron chi connectivity index (χ1n) is 4.38. The molecule has 0 fully saturated rings. The Morgan fingerprint density at radius 1 is 1.46 bits per heavy atom. The number of rotatable bonds is 2. The molecule has 0 saturated carbocycles. The van der Waals surface area contributed by atoms with E-state index in [0.29, 0.717) is 0 Å². The number of aryl methyl sites for hydroxylation is 1. The number of benzene rings is 1. The average molecular weight is 174 g/mol. The lowest BCUT2D eigenvalue weighted by Crippen LogP contribution is -2.17. The van der Waals surface area contributed by atoms with Crippen LogP contribution in [0.15, 0.2) is 18.2 Å². The van der Waals surface area contributed by atoms with Gasteiger partial charge in [0.05, 0.1) is 11.6 Å². The van der Waals surface area contributed by atoms with Crippen LogP contribution in [0.5, 0.6) is 0 Å². The summed E-state index contributed by atoms with van der Waals surface area (Å²) in [7, 11) is 0. The van der Waals surface area contributed by atoms with E-state index >= 15 is 0 Å². The van der Waals surface area contributed by atoms with Crippen molar-refractivity contribution in [3.8, 4) is 6.07 Å². The van der Waals surface area contributed by atoms with Crippen LogP contribution in [-0.2, 0) is 6.42 Å². The molecule has 0 radical (unpaired) electrons. The fourth-order valence-electron chi connectivity index (χ4n) is 1.42. The molecule has 0 amide bonds. The maximum Gasteiger partial charge on any atom is 0.0991 e. The van der Waals surface area contributed by atoms with Crippen LogP contribution >= 0.6 is 0 Å². The molecule has 2 nitrogen and oxygen atoms in total. The first kappa shape index (κ1) is 9.76. The molecule has 0 spiro atoms. The van der Waals surface area contributed by atoms with E-state index in [2.05, 4.69) is 12.1 Å². The molecule has 0 aliphatic heterocycles. The fourth-order valence-corrected chi connectivity index (χ4v) is 1.42. The molecule has 1 aromatic rings. The second-order valence-electron chi connectivity index (χ2n) is 3.50. The highest BCUT2D eigenvalue weighted by atomic mass is 14.6. The molecule has 0 aromatic heterocycles. The van der Waals surface area contributed by atoms with E-state index in [4.69, 9.17) is 11.0 Å². The second-order valence-corrected chi connectivity index (χ2v) is 3.50. The van der Waals surface area contributed by atoms with Crippen LogP contribution in [0.1, 0.15) is 23.6 Å². The Morgan fingerprint density at radius 3 is 2.69 bits per heavy atom. The van der Waals surface area contributed by atoms with Gasteiger partial charge >= 0.3 is 0 Å². The quantitative estimate of drug-likeness (QED) is 0.742. The zero-order chi connectivity index (χ0) is 9.84. The number of nitrogens with two attached hydrogens (primary N) is 1. The molecule has 0 bridgehead atoms. The van der Waals surface area contributed by atoms with E-state index in [0.717, 1.165) is 23.1 Å². The highest BCUT2D eigenvalue weighted by Gasteiger charge is 2.00. The van der Waals surface area contributed by atoms with Crippen molar-refractivity contribution in [1.29, 1.82) is 5.26 Å². The molecule has 0 aliphatic carbocycles. The predicted octanol–water partition coefficient (Wildman–Crippen LogP) is 1.76. The summed E-state index contributed by atoms with van der Waals surface area (Å²) >= 11 is 0. The molecule has 0 aliphatic rings. The number of hydrogen-bond donors (Lipinski definition) is 1. The standard InChI is InChI=1S/C11H14N2/c1-8-3-10(5-9(2)13)6-11(4-8)7-12/h3-4,6,9H,5,13H2,1-2H3/t9-/m0/s1. The molecule has 1 atom stereocenters. The van der Waals surface area contributed by atoms with Crippen LogP contribution in [0.25, 0.3) is 0 Å². The third kappa shape index (κ3) is 2.89. The summed E-state index contributed by atoms with van der Waals surface area (Å²) in [4.78, 5) is 0. The maximum absolute atomic E-state index is 8.74. The Labute approximate surface area is 79.0 Å². The smallest absolute Gasteiger partial charge is 0.0991 e. The number of nitriles is 1. The Morgan fingerprint density at radius 2 is 2.15 bits per heavy atom. The summed E-state index contributed by atoms with van der Waals surface area (Å²) in [5.41, 5.74) is 8.67. The van der Waals surface area contributed by atoms with E-state index in [1.165, 1.54) is 0 Å². The Hall–Kier alpha value is -1.33. The van der Waals surface area contributed by atoms with Gasteiger partial charge in [0, 0.05) is 6.04 Å². The molecule has 13 heavy (non-hydrogen) atoms. The highest BCUT2D eigenvalue weighted by molar-refractivity contribution is 5.37. The van der Waals surface area contributed by atoms with Crippen LogP contribution in [0.2, 0.25) is 0 Å². The minimum atomic E-state index is 0.147. The summed E-state index contributed by atoms with van der Waals surface area (Å²) in [5.74, 6) is 0. The van der Waals surface area contributed by atoms with Crippen LogP contribution in [-0.4, -0.2) is 6.04 Å². The molecule has 0 heterocycles. The SMILES string of the molecule is Cc1cc(C#N)cc(C[C@H](C)N)c1. The summed E-state index contributed by atoms with van der Waals surface area (Å²) in [5, 5.41) is 8.74. The van der Waals surface area contributed by atoms with Crippen LogP contribution in [0, 0.1) is 18.3 Å². The summed E-state index contributed by atoms with van der Waals surface area (Å²) in [6, 6.07) is 8.14. The monoisotopic (exact) mass is 174 g/mol. The van der Waals surface area contributed by atoms with Crippen LogP contribution in [0.4, 0.5) is 0 Å². The fraction of sp³-hybridized carbons (Fsp3) is 0.364. The van der Waals surface area contributed by atoms with E-state index in [1.807, 2.05) is 26.0 Å². The van der Waals surface area contributed by atoms with E-state index in [9.17, 15) is 0 Å². The molecule has 1 aromatic carbocycles. The molecule has 1 rings (SSSR count). The van der Waals surface area contributed by atoms with Crippen molar-refractivity contribution in [2.24, 2.45) is 5.73 Å². The predicted molar refractivity (Wildman–Crippen MR) is 53.2 cm³/mol. The number of nitrogens with zero attached hydrogens (tertiary/aromatic N) is 1. The highest BCUT2D eigenvalue weighted by Crippen LogP contribution is 2.10. The third-order valence-electron chi connectivity index (χ3n) is 1.82. The zero-order valence-electron chi connectivity index (χ0n) is 8.04. The average Bonchev–Trinajstić information content (AvgIpc) is 2.01. The lowest BCUT2D eigenvalue weighted by Gasteiger charge is -2.06. The van der Waals surface area contributed by atoms with Gasteiger partial charge in [0.1, 0.15) is 0 Å². The van der Waals surface area contributed by atoms with E-state index in [-0.39, 0.29) is 6.04 Å². The van der Waals surface area contributed by atoms with Crippen molar-refractivity contribution >= 4 is 0 Å². The van der Waals surface area contributed by atoms with Crippen molar-refractivity contribution in [3.05, 3.63) is 34.9 Å². The number of hydrogen-bond acceptors (Lipinski definition) is 2. The van der Waals surface area contributed by atoms with Gasteiger partial charge in [0.2, 0.25) is 0 Å². The topological polar surface area (TPSA) is 49.8 Å². The zero-order valence-corrected chi connectivity index (χ0v) is 8.04. The molecule has 0 unspecified atom stereocenters. The maximum atomic E-state index is 8.74. The Balaban J connectivity index is 2.96. The van der Waals surface area contributed by atoms with Gasteiger partial charge in [0.25, 0.3) is 0 Å². The van der Waals surface area contributed by atoms with Gasteiger partial charge in [-0.25, -0.2) is 0 Å². The van der Waals surface area contributed by atoms with Crippen LogP contribution < -0.4 is 5.73 Å². The molecule has 2 N–H and O–H groups in total. The largest absolute Gasteiger partial charge is 0.328 e. The summed E-state index contributed by atoms with van der Waals surface area (Å²) in [6.07, 6.45) is 0.830. The molecule has 0 saturated heterocycles. The van der Waals surface area contributed by atoms with Crippen molar-refractivity contribution in [1.82, 2.24) is 0 Å². The molecule has 2 heteroatoms. The van der Waals surface area contributed by atoms with Crippen molar-refractivity contribution in [3.63, 3.8) is 0 Å². The van der Waals surface area contributed by atoms with Crippen molar-refractivity contribution in [2.75, 3.05) is 0 Å². The van der Waals surface area contributed by atoms with Gasteiger partial charge in [-0.05, 0) is 43.5 Å². The third-order valence-corrected chi connectivity index (χ3v) is 1.82. The van der Waals surface area contributed by atoms with Gasteiger partial charge < -0.3 is 5.73 Å². The van der Waals surface area contributed by atoms with Gasteiger partial charge in [-0.15, -0.1) is 0 Å². The lowest BCUT2D eigenvalue weighted by molar-refractivity contribution is 0.737. The second kappa shape index (κ2) is 4.06.